The van der Waals surface area contributed by atoms with E-state index in [4.69, 9.17) is 0 Å². The summed E-state index contributed by atoms with van der Waals surface area (Å²) in [5.74, 6) is 1.39. The average molecular weight is 292 g/mol. The van der Waals surface area contributed by atoms with E-state index in [2.05, 4.69) is 31.2 Å². The van der Waals surface area contributed by atoms with Gasteiger partial charge in [0, 0.05) is 25.3 Å². The average Bonchev–Trinajstić information content (AvgIpc) is 2.48. The molecule has 0 heterocycles. The molecule has 2 nitrogen and oxygen atoms in total. The highest BCUT2D eigenvalue weighted by Crippen LogP contribution is 2.33. The summed E-state index contributed by atoms with van der Waals surface area (Å²) < 4.78 is 13.0. The first kappa shape index (κ1) is 16.3. The van der Waals surface area contributed by atoms with Crippen molar-refractivity contribution < 1.29 is 4.39 Å². The number of anilines is 1. The molecule has 1 saturated carbocycles. The molecular formula is C18H29FN2. The molecule has 3 heteroatoms. The lowest BCUT2D eigenvalue weighted by atomic mass is 9.76. The maximum atomic E-state index is 13.0. The van der Waals surface area contributed by atoms with Crippen molar-refractivity contribution in [2.45, 2.75) is 45.1 Å². The summed E-state index contributed by atoms with van der Waals surface area (Å²) in [5, 5.41) is 3.50. The third-order valence-corrected chi connectivity index (χ3v) is 4.93. The first-order valence-electron chi connectivity index (χ1n) is 8.28. The van der Waals surface area contributed by atoms with Crippen molar-refractivity contribution in [3.05, 3.63) is 30.1 Å². The minimum Gasteiger partial charge on any atom is -0.374 e. The Labute approximate surface area is 128 Å². The Morgan fingerprint density at radius 1 is 1.24 bits per heavy atom. The zero-order chi connectivity index (χ0) is 15.2. The van der Waals surface area contributed by atoms with Gasteiger partial charge in [0.2, 0.25) is 0 Å². The number of benzene rings is 1. The van der Waals surface area contributed by atoms with Crippen LogP contribution in [0.4, 0.5) is 10.1 Å². The molecule has 118 valence electrons. The normalized spacial score (nSPS) is 25.8. The Hall–Kier alpha value is -1.09. The molecule has 1 aromatic carbocycles. The second-order valence-electron chi connectivity index (χ2n) is 6.48. The van der Waals surface area contributed by atoms with Gasteiger partial charge in [0.25, 0.3) is 0 Å². The molecule has 0 amide bonds. The summed E-state index contributed by atoms with van der Waals surface area (Å²) in [6.45, 7) is 3.32. The predicted octanol–water partition coefficient (Wildman–Crippen LogP) is 4.07. The van der Waals surface area contributed by atoms with Gasteiger partial charge < -0.3 is 10.2 Å². The lowest BCUT2D eigenvalue weighted by Crippen LogP contribution is -2.44. The Balaban J connectivity index is 1.98. The van der Waals surface area contributed by atoms with Crippen LogP contribution < -0.4 is 10.2 Å². The zero-order valence-corrected chi connectivity index (χ0v) is 13.6. The standard InChI is InChI=1S/C18H29FN2/c1-4-5-14-6-11-18(20-2)15(12-14)13-21(3)17-9-7-16(19)8-10-17/h7-10,14-15,18,20H,4-6,11-13H2,1-3H3. The molecule has 0 bridgehead atoms. The van der Waals surface area contributed by atoms with Gasteiger partial charge in [-0.05, 0) is 62.4 Å². The van der Waals surface area contributed by atoms with Crippen LogP contribution in [0.15, 0.2) is 24.3 Å². The Morgan fingerprint density at radius 2 is 1.95 bits per heavy atom. The van der Waals surface area contributed by atoms with Crippen LogP contribution in [0.25, 0.3) is 0 Å². The summed E-state index contributed by atoms with van der Waals surface area (Å²) >= 11 is 0. The van der Waals surface area contributed by atoms with Gasteiger partial charge in [-0.3, -0.25) is 0 Å². The largest absolute Gasteiger partial charge is 0.374 e. The molecule has 3 atom stereocenters. The van der Waals surface area contributed by atoms with Crippen LogP contribution in [-0.2, 0) is 0 Å². The van der Waals surface area contributed by atoms with Crippen molar-refractivity contribution in [1.29, 1.82) is 0 Å². The maximum absolute atomic E-state index is 13.0. The minimum atomic E-state index is -0.166. The van der Waals surface area contributed by atoms with E-state index in [1.54, 1.807) is 12.1 Å². The van der Waals surface area contributed by atoms with Gasteiger partial charge in [-0.15, -0.1) is 0 Å². The van der Waals surface area contributed by atoms with Gasteiger partial charge in [-0.1, -0.05) is 19.8 Å². The molecule has 1 N–H and O–H groups in total. The molecule has 0 aromatic heterocycles. The van der Waals surface area contributed by atoms with Gasteiger partial charge in [0.15, 0.2) is 0 Å². The molecule has 3 unspecified atom stereocenters. The van der Waals surface area contributed by atoms with Crippen molar-refractivity contribution in [1.82, 2.24) is 5.32 Å². The predicted molar refractivity (Wildman–Crippen MR) is 88.3 cm³/mol. The number of hydrogen-bond donors (Lipinski definition) is 1. The Morgan fingerprint density at radius 3 is 2.57 bits per heavy atom. The molecule has 0 saturated heterocycles. The molecule has 0 spiro atoms. The Kier molecular flexibility index (Phi) is 6.04. The summed E-state index contributed by atoms with van der Waals surface area (Å²) in [6.07, 6.45) is 6.59. The third kappa shape index (κ3) is 4.44. The third-order valence-electron chi connectivity index (χ3n) is 4.93. The van der Waals surface area contributed by atoms with Crippen LogP contribution in [0.3, 0.4) is 0 Å². The fraction of sp³-hybridized carbons (Fsp3) is 0.667. The zero-order valence-electron chi connectivity index (χ0n) is 13.6. The van der Waals surface area contributed by atoms with Crippen LogP contribution in [0.1, 0.15) is 39.0 Å². The molecular weight excluding hydrogens is 263 g/mol. The lowest BCUT2D eigenvalue weighted by Gasteiger charge is -2.38. The second-order valence-corrected chi connectivity index (χ2v) is 6.48. The number of hydrogen-bond acceptors (Lipinski definition) is 2. The van der Waals surface area contributed by atoms with E-state index in [1.165, 1.54) is 32.1 Å². The summed E-state index contributed by atoms with van der Waals surface area (Å²) in [7, 11) is 4.19. The van der Waals surface area contributed by atoms with Gasteiger partial charge in [0.05, 0.1) is 0 Å². The van der Waals surface area contributed by atoms with Crippen LogP contribution in [-0.4, -0.2) is 26.7 Å². The topological polar surface area (TPSA) is 15.3 Å². The Bertz CT molecular complexity index is 418. The molecule has 1 aliphatic rings. The molecule has 2 rings (SSSR count). The first-order valence-corrected chi connectivity index (χ1v) is 8.28. The van der Waals surface area contributed by atoms with Crippen molar-refractivity contribution >= 4 is 5.69 Å². The van der Waals surface area contributed by atoms with Gasteiger partial charge in [0.1, 0.15) is 5.82 Å². The summed E-state index contributed by atoms with van der Waals surface area (Å²) in [5.41, 5.74) is 1.10. The van der Waals surface area contributed by atoms with Crippen LogP contribution in [0, 0.1) is 17.7 Å². The van der Waals surface area contributed by atoms with E-state index in [9.17, 15) is 4.39 Å². The smallest absolute Gasteiger partial charge is 0.123 e. The molecule has 21 heavy (non-hydrogen) atoms. The van der Waals surface area contributed by atoms with Crippen LogP contribution in [0.5, 0.6) is 0 Å². The monoisotopic (exact) mass is 292 g/mol. The van der Waals surface area contributed by atoms with E-state index in [0.29, 0.717) is 12.0 Å². The maximum Gasteiger partial charge on any atom is 0.123 e. The summed E-state index contributed by atoms with van der Waals surface area (Å²) in [6, 6.07) is 7.44. The highest BCUT2D eigenvalue weighted by molar-refractivity contribution is 5.45. The van der Waals surface area contributed by atoms with E-state index < -0.39 is 0 Å². The fourth-order valence-corrected chi connectivity index (χ4v) is 3.77. The van der Waals surface area contributed by atoms with E-state index in [0.717, 1.165) is 18.2 Å². The van der Waals surface area contributed by atoms with E-state index >= 15 is 0 Å². The van der Waals surface area contributed by atoms with Gasteiger partial charge >= 0.3 is 0 Å². The van der Waals surface area contributed by atoms with Crippen LogP contribution >= 0.6 is 0 Å². The van der Waals surface area contributed by atoms with E-state index in [1.807, 2.05) is 12.1 Å². The van der Waals surface area contributed by atoms with Crippen molar-refractivity contribution in [2.75, 3.05) is 25.5 Å². The number of nitrogens with zero attached hydrogens (tertiary/aromatic N) is 1. The van der Waals surface area contributed by atoms with Crippen molar-refractivity contribution in [3.63, 3.8) is 0 Å². The lowest BCUT2D eigenvalue weighted by molar-refractivity contribution is 0.205. The van der Waals surface area contributed by atoms with Crippen molar-refractivity contribution in [3.8, 4) is 0 Å². The number of rotatable bonds is 6. The van der Waals surface area contributed by atoms with Crippen LogP contribution in [0.2, 0.25) is 0 Å². The van der Waals surface area contributed by atoms with Gasteiger partial charge in [-0.2, -0.15) is 0 Å². The molecule has 1 aromatic rings. The van der Waals surface area contributed by atoms with Gasteiger partial charge in [-0.25, -0.2) is 4.39 Å². The molecule has 0 radical (unpaired) electrons. The SMILES string of the molecule is CCCC1CCC(NC)C(CN(C)c2ccc(F)cc2)C1. The number of halogens is 1. The molecule has 1 fully saturated rings. The summed E-state index contributed by atoms with van der Waals surface area (Å²) in [4.78, 5) is 2.27. The minimum absolute atomic E-state index is 0.166. The highest BCUT2D eigenvalue weighted by atomic mass is 19.1. The fourth-order valence-electron chi connectivity index (χ4n) is 3.77. The van der Waals surface area contributed by atoms with E-state index in [-0.39, 0.29) is 5.82 Å². The highest BCUT2D eigenvalue weighted by Gasteiger charge is 2.29. The second kappa shape index (κ2) is 7.79. The number of nitrogens with one attached hydrogen (secondary N) is 1. The molecule has 1 aliphatic carbocycles. The quantitative estimate of drug-likeness (QED) is 0.850. The molecule has 0 aliphatic heterocycles. The van der Waals surface area contributed by atoms with Crippen molar-refractivity contribution in [2.24, 2.45) is 11.8 Å². The first-order chi connectivity index (χ1) is 10.1.